The SMILES string of the molecule is CCOC(=O)/C=C/C(C(=O)C(NC(=O)OCc1ccccc1)C(C)C)=P(c1ccccc1)(c1ccccc1)c1ccccc1. The van der Waals surface area contributed by atoms with Gasteiger partial charge in [-0.3, -0.25) is 4.79 Å². The Balaban J connectivity index is 1.97. The number of hydrogen-bond acceptors (Lipinski definition) is 5. The zero-order valence-corrected chi connectivity index (χ0v) is 26.2. The summed E-state index contributed by atoms with van der Waals surface area (Å²) in [5.74, 6) is -1.15. The van der Waals surface area contributed by atoms with Gasteiger partial charge in [0.15, 0.2) is 5.78 Å². The van der Waals surface area contributed by atoms with Crippen molar-refractivity contribution in [1.82, 2.24) is 5.32 Å². The molecule has 0 spiro atoms. The van der Waals surface area contributed by atoms with E-state index in [1.165, 1.54) is 6.08 Å². The fourth-order valence-corrected chi connectivity index (χ4v) is 9.46. The molecule has 1 unspecified atom stereocenters. The lowest BCUT2D eigenvalue weighted by atomic mass is 9.98. The van der Waals surface area contributed by atoms with Crippen LogP contribution in [0.5, 0.6) is 0 Å². The van der Waals surface area contributed by atoms with Gasteiger partial charge >= 0.3 is 12.1 Å². The molecule has 1 N–H and O–H groups in total. The normalized spacial score (nSPS) is 12.0. The number of amides is 1. The van der Waals surface area contributed by atoms with Crippen LogP contribution in [0.4, 0.5) is 4.79 Å². The summed E-state index contributed by atoms with van der Waals surface area (Å²) in [4.78, 5) is 40.7. The monoisotopic (exact) mass is 607 g/mol. The van der Waals surface area contributed by atoms with Gasteiger partial charge in [-0.1, -0.05) is 135 Å². The van der Waals surface area contributed by atoms with Crippen LogP contribution in [0.1, 0.15) is 26.3 Å². The summed E-state index contributed by atoms with van der Waals surface area (Å²) >= 11 is 0. The Labute approximate surface area is 259 Å². The summed E-state index contributed by atoms with van der Waals surface area (Å²) in [5, 5.41) is 6.06. The summed E-state index contributed by atoms with van der Waals surface area (Å²) in [7, 11) is 0. The van der Waals surface area contributed by atoms with Gasteiger partial charge in [-0.05, 0) is 47.3 Å². The van der Waals surface area contributed by atoms with E-state index in [0.717, 1.165) is 21.5 Å². The Morgan fingerprint density at radius 3 is 1.57 bits per heavy atom. The molecular formula is C37H38NO5P. The van der Waals surface area contributed by atoms with Gasteiger partial charge in [0.05, 0.1) is 12.6 Å². The standard InChI is InChI=1S/C37H38NO5P/c1-4-42-34(39)26-25-33(36(40)35(28(2)3)38-37(41)43-27-29-17-9-5-10-18-29)44(30-19-11-6-12-20-30,31-21-13-7-14-22-31)32-23-15-8-16-24-32/h5-26,28,35H,4,27H2,1-3H3,(H,38,41)/b26-25+. The van der Waals surface area contributed by atoms with Crippen molar-refractivity contribution in [2.45, 2.75) is 33.4 Å². The highest BCUT2D eigenvalue weighted by Gasteiger charge is 2.36. The van der Waals surface area contributed by atoms with E-state index in [2.05, 4.69) is 5.32 Å². The minimum absolute atomic E-state index is 0.0694. The molecule has 0 saturated heterocycles. The third kappa shape index (κ3) is 7.64. The van der Waals surface area contributed by atoms with E-state index in [-0.39, 0.29) is 24.9 Å². The largest absolute Gasteiger partial charge is 0.463 e. The summed E-state index contributed by atoms with van der Waals surface area (Å²) in [6.45, 7) is 2.84. The highest BCUT2D eigenvalue weighted by atomic mass is 31.2. The topological polar surface area (TPSA) is 81.7 Å². The van der Waals surface area contributed by atoms with Crippen LogP contribution in [0.3, 0.4) is 0 Å². The number of alkyl carbamates (subject to hydrolysis) is 1. The zero-order chi connectivity index (χ0) is 31.4. The zero-order valence-electron chi connectivity index (χ0n) is 25.3. The number of benzene rings is 4. The molecule has 6 nitrogen and oxygen atoms in total. The average molecular weight is 608 g/mol. The van der Waals surface area contributed by atoms with E-state index in [4.69, 9.17) is 9.47 Å². The van der Waals surface area contributed by atoms with Gasteiger partial charge in [-0.2, -0.15) is 0 Å². The van der Waals surface area contributed by atoms with Crippen molar-refractivity contribution < 1.29 is 23.9 Å². The van der Waals surface area contributed by atoms with Gasteiger partial charge < -0.3 is 14.8 Å². The van der Waals surface area contributed by atoms with E-state index >= 15 is 0 Å². The van der Waals surface area contributed by atoms with Crippen LogP contribution in [-0.2, 0) is 25.7 Å². The number of hydrogen-bond donors (Lipinski definition) is 1. The van der Waals surface area contributed by atoms with Crippen molar-refractivity contribution in [3.63, 3.8) is 0 Å². The molecule has 0 bridgehead atoms. The molecule has 4 rings (SSSR count). The van der Waals surface area contributed by atoms with Crippen LogP contribution in [0.25, 0.3) is 0 Å². The first-order valence-corrected chi connectivity index (χ1v) is 16.5. The molecule has 44 heavy (non-hydrogen) atoms. The summed E-state index contributed by atoms with van der Waals surface area (Å²) < 4.78 is 10.7. The fourth-order valence-electron chi connectivity index (χ4n) is 5.10. The highest BCUT2D eigenvalue weighted by molar-refractivity contribution is 7.96. The van der Waals surface area contributed by atoms with Crippen LogP contribution < -0.4 is 21.2 Å². The minimum Gasteiger partial charge on any atom is -0.463 e. The molecule has 4 aromatic rings. The summed E-state index contributed by atoms with van der Waals surface area (Å²) in [6, 6.07) is 38.0. The first-order chi connectivity index (χ1) is 21.4. The quantitative estimate of drug-likeness (QED) is 0.125. The van der Waals surface area contributed by atoms with Gasteiger partial charge in [0, 0.05) is 11.4 Å². The van der Waals surface area contributed by atoms with Crippen LogP contribution >= 0.6 is 6.89 Å². The van der Waals surface area contributed by atoms with Gasteiger partial charge in [-0.25, -0.2) is 9.59 Å². The van der Waals surface area contributed by atoms with Crippen LogP contribution in [0.2, 0.25) is 0 Å². The third-order valence-corrected chi connectivity index (χ3v) is 11.5. The third-order valence-electron chi connectivity index (χ3n) is 7.14. The van der Waals surface area contributed by atoms with Crippen molar-refractivity contribution in [3.8, 4) is 0 Å². The molecule has 0 aromatic heterocycles. The van der Waals surface area contributed by atoms with Crippen molar-refractivity contribution in [3.05, 3.63) is 139 Å². The second kappa shape index (κ2) is 15.7. The van der Waals surface area contributed by atoms with Crippen molar-refractivity contribution in [2.24, 2.45) is 5.92 Å². The van der Waals surface area contributed by atoms with Gasteiger partial charge in [0.25, 0.3) is 0 Å². The van der Waals surface area contributed by atoms with E-state index in [9.17, 15) is 14.4 Å². The van der Waals surface area contributed by atoms with E-state index in [1.54, 1.807) is 13.0 Å². The van der Waals surface area contributed by atoms with Gasteiger partial charge in [0.1, 0.15) is 6.61 Å². The number of nitrogens with one attached hydrogen (secondary N) is 1. The number of carbonyl (C=O) groups excluding carboxylic acids is 3. The second-order valence-corrected chi connectivity index (χ2v) is 13.8. The molecule has 4 aromatic carbocycles. The maximum Gasteiger partial charge on any atom is 0.408 e. The van der Waals surface area contributed by atoms with Gasteiger partial charge in [-0.15, -0.1) is 0 Å². The second-order valence-electron chi connectivity index (χ2n) is 10.4. The van der Waals surface area contributed by atoms with Crippen molar-refractivity contribution in [2.75, 3.05) is 6.61 Å². The Hall–Kier alpha value is -4.67. The molecule has 0 aliphatic rings. The fraction of sp³-hybridized carbons (Fsp3) is 0.189. The molecule has 7 heteroatoms. The Bertz CT molecular complexity index is 1510. The molecule has 0 saturated carbocycles. The molecule has 0 fully saturated rings. The molecular weight excluding hydrogens is 569 g/mol. The average Bonchev–Trinajstić information content (AvgIpc) is 3.06. The molecule has 226 valence electrons. The molecule has 0 radical (unpaired) electrons. The van der Waals surface area contributed by atoms with Gasteiger partial charge in [0.2, 0.25) is 0 Å². The number of rotatable bonds is 12. The number of carbonyl (C=O) groups is 3. The molecule has 0 aliphatic carbocycles. The number of ketones is 1. The van der Waals surface area contributed by atoms with E-state index < -0.39 is 25.0 Å². The number of esters is 1. The summed E-state index contributed by atoms with van der Waals surface area (Å²) in [6.07, 6.45) is 2.21. The molecule has 1 atom stereocenters. The maximum absolute atomic E-state index is 14.9. The highest BCUT2D eigenvalue weighted by Crippen LogP contribution is 2.47. The predicted octanol–water partition coefficient (Wildman–Crippen LogP) is 5.79. The number of ether oxygens (including phenoxy) is 2. The molecule has 0 aliphatic heterocycles. The van der Waals surface area contributed by atoms with Crippen molar-refractivity contribution in [1.29, 1.82) is 0 Å². The maximum atomic E-state index is 14.9. The Morgan fingerprint density at radius 2 is 1.14 bits per heavy atom. The number of Topliss-reactive ketones (excluding diaryl/α,β-unsaturated/α-hetero) is 1. The lowest BCUT2D eigenvalue weighted by Crippen LogP contribution is -2.48. The van der Waals surface area contributed by atoms with E-state index in [0.29, 0.717) is 5.29 Å². The molecule has 1 amide bonds. The first-order valence-electron chi connectivity index (χ1n) is 14.7. The lowest BCUT2D eigenvalue weighted by molar-refractivity contribution is -0.137. The minimum atomic E-state index is -2.91. The Kier molecular flexibility index (Phi) is 11.5. The van der Waals surface area contributed by atoms with E-state index in [1.807, 2.05) is 135 Å². The Morgan fingerprint density at radius 1 is 0.682 bits per heavy atom. The first kappa shape index (κ1) is 32.2. The van der Waals surface area contributed by atoms with Crippen LogP contribution in [-0.4, -0.2) is 35.8 Å². The predicted molar refractivity (Wildman–Crippen MR) is 179 cm³/mol. The smallest absolute Gasteiger partial charge is 0.408 e. The van der Waals surface area contributed by atoms with Crippen molar-refractivity contribution >= 4 is 45.9 Å². The molecule has 0 heterocycles. The summed E-state index contributed by atoms with van der Waals surface area (Å²) in [5.41, 5.74) is 0.835. The van der Waals surface area contributed by atoms with Crippen LogP contribution in [0, 0.1) is 5.92 Å². The number of allylic oxidation sites excluding steroid dienone is 1. The van der Waals surface area contributed by atoms with Crippen LogP contribution in [0.15, 0.2) is 133 Å². The lowest BCUT2D eigenvalue weighted by Gasteiger charge is -2.33.